The summed E-state index contributed by atoms with van der Waals surface area (Å²) in [4.78, 5) is 11.9. The Morgan fingerprint density at radius 2 is 1.74 bits per heavy atom. The third-order valence-corrected chi connectivity index (χ3v) is 7.12. The first-order valence-electron chi connectivity index (χ1n) is 10.9. The quantitative estimate of drug-likeness (QED) is 0.522. The van der Waals surface area contributed by atoms with Gasteiger partial charge in [-0.2, -0.15) is 0 Å². The number of carboxylic acids is 1. The number of halogens is 1. The van der Waals surface area contributed by atoms with E-state index in [1.807, 2.05) is 20.8 Å². The van der Waals surface area contributed by atoms with Crippen LogP contribution >= 0.6 is 11.6 Å². The van der Waals surface area contributed by atoms with Gasteiger partial charge in [0.15, 0.2) is 6.10 Å². The topological polar surface area (TPSA) is 83.9 Å². The number of aliphatic carboxylic acids is 1. The molecule has 34 heavy (non-hydrogen) atoms. The van der Waals surface area contributed by atoms with Crippen LogP contribution in [-0.4, -0.2) is 43.5 Å². The van der Waals surface area contributed by atoms with Crippen molar-refractivity contribution < 1.29 is 23.1 Å². The van der Waals surface area contributed by atoms with Gasteiger partial charge in [0.1, 0.15) is 5.75 Å². The SMILES string of the molecule is Cc1ccc(S(=O)(=O)N(C)CC(C)C)cc1C#Cc1cc(Cl)ccc1OC(C(=O)O)C(C)(C)C. The van der Waals surface area contributed by atoms with E-state index in [2.05, 4.69) is 11.8 Å². The van der Waals surface area contributed by atoms with E-state index in [9.17, 15) is 18.3 Å². The number of hydrogen-bond acceptors (Lipinski definition) is 4. The number of sulfonamides is 1. The van der Waals surface area contributed by atoms with Gasteiger partial charge >= 0.3 is 5.97 Å². The molecule has 8 heteroatoms. The number of carboxylic acid groups (broad SMARTS) is 1. The van der Waals surface area contributed by atoms with Crippen LogP contribution in [0.2, 0.25) is 5.02 Å². The van der Waals surface area contributed by atoms with Gasteiger partial charge in [0.2, 0.25) is 10.0 Å². The van der Waals surface area contributed by atoms with Crippen molar-refractivity contribution in [3.05, 3.63) is 58.1 Å². The van der Waals surface area contributed by atoms with Crippen LogP contribution in [0, 0.1) is 30.1 Å². The molecule has 0 aromatic heterocycles. The van der Waals surface area contributed by atoms with E-state index in [-0.39, 0.29) is 16.6 Å². The summed E-state index contributed by atoms with van der Waals surface area (Å²) in [5, 5.41) is 10.0. The lowest BCUT2D eigenvalue weighted by Crippen LogP contribution is -2.39. The Morgan fingerprint density at radius 3 is 2.29 bits per heavy atom. The second-order valence-electron chi connectivity index (χ2n) is 9.75. The molecule has 2 aromatic carbocycles. The molecule has 0 saturated heterocycles. The molecule has 6 nitrogen and oxygen atoms in total. The molecule has 0 fully saturated rings. The highest BCUT2D eigenvalue weighted by atomic mass is 35.5. The van der Waals surface area contributed by atoms with Crippen molar-refractivity contribution >= 4 is 27.6 Å². The number of benzene rings is 2. The van der Waals surface area contributed by atoms with Crippen molar-refractivity contribution in [2.45, 2.75) is 52.5 Å². The van der Waals surface area contributed by atoms with Crippen LogP contribution in [0.5, 0.6) is 5.75 Å². The minimum absolute atomic E-state index is 0.159. The number of ether oxygens (including phenoxy) is 1. The minimum atomic E-state index is -3.66. The molecule has 0 spiro atoms. The van der Waals surface area contributed by atoms with Crippen LogP contribution in [0.4, 0.5) is 0 Å². The normalized spacial score (nSPS) is 12.9. The molecular weight excluding hydrogens is 474 g/mol. The van der Waals surface area contributed by atoms with E-state index in [1.165, 1.54) is 4.31 Å². The van der Waals surface area contributed by atoms with Crippen LogP contribution in [0.3, 0.4) is 0 Å². The van der Waals surface area contributed by atoms with Crippen LogP contribution in [-0.2, 0) is 14.8 Å². The van der Waals surface area contributed by atoms with Gasteiger partial charge in [-0.3, -0.25) is 0 Å². The van der Waals surface area contributed by atoms with E-state index >= 15 is 0 Å². The maximum atomic E-state index is 13.0. The monoisotopic (exact) mass is 505 g/mol. The fourth-order valence-electron chi connectivity index (χ4n) is 3.25. The van der Waals surface area contributed by atoms with Gasteiger partial charge in [0, 0.05) is 29.6 Å². The third kappa shape index (κ3) is 6.99. The standard InChI is InChI=1S/C26H32ClNO5S/c1-17(2)16-28(7)34(31,32)22-12-8-18(3)19(15-22)9-10-20-14-21(27)11-13-23(20)33-24(25(29)30)26(4,5)6/h8,11-15,17,24H,16H2,1-7H3,(H,29,30). The lowest BCUT2D eigenvalue weighted by Gasteiger charge is -2.28. The maximum Gasteiger partial charge on any atom is 0.345 e. The summed E-state index contributed by atoms with van der Waals surface area (Å²) >= 11 is 6.16. The number of carbonyl (C=O) groups is 1. The zero-order valence-electron chi connectivity index (χ0n) is 20.6. The molecule has 1 unspecified atom stereocenters. The zero-order valence-corrected chi connectivity index (χ0v) is 22.2. The second-order valence-corrected chi connectivity index (χ2v) is 12.2. The largest absolute Gasteiger partial charge is 0.478 e. The summed E-state index contributed by atoms with van der Waals surface area (Å²) in [6.45, 7) is 11.5. The Morgan fingerprint density at radius 1 is 1.12 bits per heavy atom. The van der Waals surface area contributed by atoms with Gasteiger partial charge < -0.3 is 9.84 Å². The van der Waals surface area contributed by atoms with Crippen molar-refractivity contribution in [2.24, 2.45) is 11.3 Å². The van der Waals surface area contributed by atoms with Crippen LogP contribution < -0.4 is 4.74 Å². The molecule has 1 atom stereocenters. The highest BCUT2D eigenvalue weighted by Crippen LogP contribution is 2.29. The van der Waals surface area contributed by atoms with Crippen molar-refractivity contribution in [2.75, 3.05) is 13.6 Å². The van der Waals surface area contributed by atoms with Gasteiger partial charge in [-0.1, -0.05) is 64.1 Å². The Hall–Kier alpha value is -2.53. The number of rotatable bonds is 7. The van der Waals surface area contributed by atoms with E-state index in [0.29, 0.717) is 22.7 Å². The average molecular weight is 506 g/mol. The Kier molecular flexibility index (Phi) is 8.81. The number of hydrogen-bond donors (Lipinski definition) is 1. The molecule has 0 bridgehead atoms. The van der Waals surface area contributed by atoms with Gasteiger partial charge in [-0.05, 0) is 48.7 Å². The zero-order chi connectivity index (χ0) is 25.8. The summed E-state index contributed by atoms with van der Waals surface area (Å²) in [6.07, 6.45) is -1.10. The van der Waals surface area contributed by atoms with Crippen LogP contribution in [0.25, 0.3) is 0 Å². The average Bonchev–Trinajstić information content (AvgIpc) is 2.70. The Balaban J connectivity index is 2.50. The van der Waals surface area contributed by atoms with E-state index in [0.717, 1.165) is 5.56 Å². The molecule has 0 aliphatic heterocycles. The first-order chi connectivity index (χ1) is 15.6. The molecule has 1 N–H and O–H groups in total. The number of nitrogens with zero attached hydrogens (tertiary/aromatic N) is 1. The Bertz CT molecular complexity index is 1220. The summed E-state index contributed by atoms with van der Waals surface area (Å²) in [7, 11) is -2.10. The maximum absolute atomic E-state index is 13.0. The minimum Gasteiger partial charge on any atom is -0.478 e. The highest BCUT2D eigenvalue weighted by molar-refractivity contribution is 7.89. The van der Waals surface area contributed by atoms with Crippen molar-refractivity contribution in [1.29, 1.82) is 0 Å². The molecule has 184 valence electrons. The lowest BCUT2D eigenvalue weighted by molar-refractivity contribution is -0.150. The van der Waals surface area contributed by atoms with E-state index in [1.54, 1.807) is 64.2 Å². The highest BCUT2D eigenvalue weighted by Gasteiger charge is 2.34. The van der Waals surface area contributed by atoms with Crippen LogP contribution in [0.15, 0.2) is 41.3 Å². The third-order valence-electron chi connectivity index (χ3n) is 5.07. The lowest BCUT2D eigenvalue weighted by atomic mass is 9.89. The van der Waals surface area contributed by atoms with Gasteiger partial charge in [0.25, 0.3) is 0 Å². The first kappa shape index (κ1) is 27.7. The van der Waals surface area contributed by atoms with Crippen molar-refractivity contribution in [3.63, 3.8) is 0 Å². The molecule has 2 rings (SSSR count). The molecule has 0 aliphatic carbocycles. The molecular formula is C26H32ClNO5S. The molecule has 0 radical (unpaired) electrons. The summed E-state index contributed by atoms with van der Waals surface area (Å²) in [6, 6.07) is 9.62. The molecule has 0 aliphatic rings. The Labute approximate surface area is 207 Å². The summed E-state index contributed by atoms with van der Waals surface area (Å²) < 4.78 is 33.1. The predicted octanol–water partition coefficient (Wildman–Crippen LogP) is 5.20. The molecule has 0 saturated carbocycles. The molecule has 0 amide bonds. The van der Waals surface area contributed by atoms with Gasteiger partial charge in [-0.25, -0.2) is 17.5 Å². The van der Waals surface area contributed by atoms with Crippen molar-refractivity contribution in [3.8, 4) is 17.6 Å². The fourth-order valence-corrected chi connectivity index (χ4v) is 4.78. The molecule has 2 aromatic rings. The summed E-state index contributed by atoms with van der Waals surface area (Å²) in [5.74, 6) is 5.39. The fraction of sp³-hybridized carbons (Fsp3) is 0.423. The van der Waals surface area contributed by atoms with Gasteiger partial charge in [-0.15, -0.1) is 0 Å². The second kappa shape index (κ2) is 10.8. The first-order valence-corrected chi connectivity index (χ1v) is 12.7. The van der Waals surface area contributed by atoms with E-state index < -0.39 is 27.5 Å². The van der Waals surface area contributed by atoms with E-state index in [4.69, 9.17) is 16.3 Å². The number of aryl methyl sites for hydroxylation is 1. The van der Waals surface area contributed by atoms with Crippen LogP contribution in [0.1, 0.15) is 51.3 Å². The van der Waals surface area contributed by atoms with Gasteiger partial charge in [0.05, 0.1) is 10.5 Å². The predicted molar refractivity (Wildman–Crippen MR) is 135 cm³/mol. The smallest absolute Gasteiger partial charge is 0.345 e. The summed E-state index contributed by atoms with van der Waals surface area (Å²) in [5.41, 5.74) is 1.10. The van der Waals surface area contributed by atoms with Crippen molar-refractivity contribution in [1.82, 2.24) is 4.31 Å². The molecule has 0 heterocycles.